The van der Waals surface area contributed by atoms with Gasteiger partial charge in [-0.1, -0.05) is 18.2 Å². The second-order valence-electron chi connectivity index (χ2n) is 4.70. The van der Waals surface area contributed by atoms with Crippen LogP contribution in [0.1, 0.15) is 15.2 Å². The van der Waals surface area contributed by atoms with E-state index in [-0.39, 0.29) is 18.0 Å². The maximum absolute atomic E-state index is 13.2. The Labute approximate surface area is 125 Å². The standard InChI is InChI=1S/C17H13FO2S/c1-20-15-5-3-2-4-11(15)9-14(19)17-10-12-8-13(18)6-7-16(12)21-17/h2-8,10H,9H2,1H3. The summed E-state index contributed by atoms with van der Waals surface area (Å²) in [7, 11) is 1.59. The minimum absolute atomic E-state index is 0.0149. The van der Waals surface area contributed by atoms with Gasteiger partial charge >= 0.3 is 0 Å². The molecule has 0 aliphatic carbocycles. The lowest BCUT2D eigenvalue weighted by Crippen LogP contribution is -2.02. The van der Waals surface area contributed by atoms with Crippen molar-refractivity contribution in [3.05, 3.63) is 64.8 Å². The highest BCUT2D eigenvalue weighted by Gasteiger charge is 2.13. The molecular weight excluding hydrogens is 287 g/mol. The normalized spacial score (nSPS) is 10.8. The van der Waals surface area contributed by atoms with Crippen molar-refractivity contribution in [3.8, 4) is 5.75 Å². The minimum Gasteiger partial charge on any atom is -0.496 e. The van der Waals surface area contributed by atoms with Crippen LogP contribution in [0.2, 0.25) is 0 Å². The highest BCUT2D eigenvalue weighted by molar-refractivity contribution is 7.20. The monoisotopic (exact) mass is 300 g/mol. The summed E-state index contributed by atoms with van der Waals surface area (Å²) in [4.78, 5) is 13.0. The molecule has 0 saturated carbocycles. The number of hydrogen-bond donors (Lipinski definition) is 0. The van der Waals surface area contributed by atoms with Crippen LogP contribution in [0.25, 0.3) is 10.1 Å². The Morgan fingerprint density at radius 1 is 1.19 bits per heavy atom. The summed E-state index contributed by atoms with van der Waals surface area (Å²) in [6, 6.07) is 13.8. The molecule has 4 heteroatoms. The topological polar surface area (TPSA) is 26.3 Å². The van der Waals surface area contributed by atoms with Gasteiger partial charge in [0, 0.05) is 16.7 Å². The van der Waals surface area contributed by atoms with E-state index >= 15 is 0 Å². The van der Waals surface area contributed by atoms with Gasteiger partial charge in [-0.15, -0.1) is 11.3 Å². The van der Waals surface area contributed by atoms with E-state index in [4.69, 9.17) is 4.74 Å². The third kappa shape index (κ3) is 2.81. The number of rotatable bonds is 4. The number of Topliss-reactive ketones (excluding diaryl/α,β-unsaturated/α-hetero) is 1. The van der Waals surface area contributed by atoms with Gasteiger partial charge in [-0.2, -0.15) is 0 Å². The van der Waals surface area contributed by atoms with E-state index in [1.807, 2.05) is 24.3 Å². The molecule has 0 N–H and O–H groups in total. The van der Waals surface area contributed by atoms with E-state index in [1.54, 1.807) is 19.2 Å². The molecule has 0 fully saturated rings. The number of carbonyl (C=O) groups excluding carboxylic acids is 1. The third-order valence-electron chi connectivity index (χ3n) is 3.30. The molecule has 21 heavy (non-hydrogen) atoms. The van der Waals surface area contributed by atoms with Gasteiger partial charge in [0.15, 0.2) is 5.78 Å². The molecule has 2 nitrogen and oxygen atoms in total. The van der Waals surface area contributed by atoms with Crippen LogP contribution in [0, 0.1) is 5.82 Å². The molecule has 0 amide bonds. The average molecular weight is 300 g/mol. The summed E-state index contributed by atoms with van der Waals surface area (Å²) in [5, 5.41) is 0.767. The zero-order valence-corrected chi connectivity index (χ0v) is 12.2. The Morgan fingerprint density at radius 3 is 2.81 bits per heavy atom. The first-order valence-electron chi connectivity index (χ1n) is 6.51. The highest BCUT2D eigenvalue weighted by Crippen LogP contribution is 2.28. The fourth-order valence-electron chi connectivity index (χ4n) is 2.26. The summed E-state index contributed by atoms with van der Waals surface area (Å²) in [5.74, 6) is 0.433. The molecule has 0 saturated heterocycles. The van der Waals surface area contributed by atoms with Gasteiger partial charge in [0.2, 0.25) is 0 Å². The first kappa shape index (κ1) is 13.8. The van der Waals surface area contributed by atoms with E-state index in [0.717, 1.165) is 15.6 Å². The van der Waals surface area contributed by atoms with Crippen LogP contribution >= 0.6 is 11.3 Å². The summed E-state index contributed by atoms with van der Waals surface area (Å²) in [5.41, 5.74) is 0.855. The van der Waals surface area contributed by atoms with E-state index in [9.17, 15) is 9.18 Å². The molecule has 0 bridgehead atoms. The van der Waals surface area contributed by atoms with Crippen molar-refractivity contribution in [3.63, 3.8) is 0 Å². The molecule has 3 aromatic rings. The number of halogens is 1. The lowest BCUT2D eigenvalue weighted by Gasteiger charge is -2.06. The van der Waals surface area contributed by atoms with Crippen LogP contribution in [-0.4, -0.2) is 12.9 Å². The van der Waals surface area contributed by atoms with Crippen molar-refractivity contribution in [2.75, 3.05) is 7.11 Å². The molecule has 0 atom stereocenters. The molecule has 0 aliphatic rings. The van der Waals surface area contributed by atoms with Gasteiger partial charge in [-0.25, -0.2) is 4.39 Å². The van der Waals surface area contributed by atoms with Crippen molar-refractivity contribution >= 4 is 27.2 Å². The molecule has 106 valence electrons. The number of fused-ring (bicyclic) bond motifs is 1. The molecule has 0 aliphatic heterocycles. The average Bonchev–Trinajstić information content (AvgIpc) is 2.91. The maximum Gasteiger partial charge on any atom is 0.177 e. The first-order valence-corrected chi connectivity index (χ1v) is 7.33. The number of carbonyl (C=O) groups is 1. The van der Waals surface area contributed by atoms with Crippen molar-refractivity contribution in [1.29, 1.82) is 0 Å². The van der Waals surface area contributed by atoms with Crippen molar-refractivity contribution in [2.45, 2.75) is 6.42 Å². The Balaban J connectivity index is 1.90. The molecular formula is C17H13FO2S. The predicted molar refractivity (Wildman–Crippen MR) is 82.8 cm³/mol. The summed E-state index contributed by atoms with van der Waals surface area (Å²) in [6.45, 7) is 0. The molecule has 2 aromatic carbocycles. The number of ether oxygens (including phenoxy) is 1. The summed E-state index contributed by atoms with van der Waals surface area (Å²) >= 11 is 1.39. The van der Waals surface area contributed by atoms with Crippen LogP contribution in [0.5, 0.6) is 5.75 Å². The Bertz CT molecular complexity index is 807. The Kier molecular flexibility index (Phi) is 3.71. The second-order valence-corrected chi connectivity index (χ2v) is 5.79. The smallest absolute Gasteiger partial charge is 0.177 e. The third-order valence-corrected chi connectivity index (χ3v) is 4.45. The van der Waals surface area contributed by atoms with Gasteiger partial charge < -0.3 is 4.74 Å². The predicted octanol–water partition coefficient (Wildman–Crippen LogP) is 4.47. The number of ketones is 1. The van der Waals surface area contributed by atoms with Crippen molar-refractivity contribution < 1.29 is 13.9 Å². The number of benzene rings is 2. The number of hydrogen-bond acceptors (Lipinski definition) is 3. The maximum atomic E-state index is 13.2. The lowest BCUT2D eigenvalue weighted by molar-refractivity contribution is 0.0996. The quantitative estimate of drug-likeness (QED) is 0.664. The Hall–Kier alpha value is -2.20. The fraction of sp³-hybridized carbons (Fsp3) is 0.118. The van der Waals surface area contributed by atoms with E-state index in [2.05, 4.69) is 0 Å². The zero-order valence-electron chi connectivity index (χ0n) is 11.4. The first-order chi connectivity index (χ1) is 10.2. The van der Waals surface area contributed by atoms with Crippen LogP contribution in [-0.2, 0) is 6.42 Å². The van der Waals surface area contributed by atoms with Crippen LogP contribution in [0.3, 0.4) is 0 Å². The largest absolute Gasteiger partial charge is 0.496 e. The van der Waals surface area contributed by atoms with Gasteiger partial charge in [-0.05, 0) is 35.7 Å². The number of methoxy groups -OCH3 is 1. The van der Waals surface area contributed by atoms with E-state index in [1.165, 1.54) is 23.5 Å². The lowest BCUT2D eigenvalue weighted by atomic mass is 10.1. The van der Waals surface area contributed by atoms with E-state index in [0.29, 0.717) is 10.6 Å². The second kappa shape index (κ2) is 5.66. The summed E-state index contributed by atoms with van der Waals surface area (Å²) in [6.07, 6.45) is 0.277. The molecule has 1 heterocycles. The van der Waals surface area contributed by atoms with Crippen LogP contribution in [0.15, 0.2) is 48.5 Å². The molecule has 1 aromatic heterocycles. The van der Waals surface area contributed by atoms with Crippen molar-refractivity contribution in [2.24, 2.45) is 0 Å². The van der Waals surface area contributed by atoms with Gasteiger partial charge in [-0.3, -0.25) is 4.79 Å². The van der Waals surface area contributed by atoms with Gasteiger partial charge in [0.25, 0.3) is 0 Å². The van der Waals surface area contributed by atoms with Gasteiger partial charge in [0.1, 0.15) is 11.6 Å². The Morgan fingerprint density at radius 2 is 2.00 bits per heavy atom. The van der Waals surface area contributed by atoms with Crippen molar-refractivity contribution in [1.82, 2.24) is 0 Å². The molecule has 0 unspecified atom stereocenters. The minimum atomic E-state index is -0.288. The SMILES string of the molecule is COc1ccccc1CC(=O)c1cc2cc(F)ccc2s1. The van der Waals surface area contributed by atoms with Gasteiger partial charge in [0.05, 0.1) is 12.0 Å². The number of para-hydroxylation sites is 1. The van der Waals surface area contributed by atoms with E-state index < -0.39 is 0 Å². The van der Waals surface area contributed by atoms with Crippen LogP contribution < -0.4 is 4.74 Å². The molecule has 0 radical (unpaired) electrons. The van der Waals surface area contributed by atoms with Crippen LogP contribution in [0.4, 0.5) is 4.39 Å². The molecule has 3 rings (SSSR count). The molecule has 0 spiro atoms. The highest BCUT2D eigenvalue weighted by atomic mass is 32.1. The summed E-state index contributed by atoms with van der Waals surface area (Å²) < 4.78 is 19.4. The fourth-order valence-corrected chi connectivity index (χ4v) is 3.24. The zero-order chi connectivity index (χ0) is 14.8. The number of thiophene rings is 1.